The molecule has 0 N–H and O–H groups in total. The van der Waals surface area contributed by atoms with Gasteiger partial charge in [-0.1, -0.05) is 30.3 Å². The normalized spacial score (nSPS) is 11.3. The van der Waals surface area contributed by atoms with E-state index in [2.05, 4.69) is 15.9 Å². The molecule has 140 valence electrons. The van der Waals surface area contributed by atoms with Gasteiger partial charge in [-0.3, -0.25) is 4.57 Å². The Labute approximate surface area is 167 Å². The zero-order chi connectivity index (χ0) is 19.4. The summed E-state index contributed by atoms with van der Waals surface area (Å²) in [6.07, 6.45) is 1.30. The zero-order valence-electron chi connectivity index (χ0n) is 15.6. The maximum atomic E-state index is 12.5. The summed E-state index contributed by atoms with van der Waals surface area (Å²) in [5.74, 6) is 0.775. The van der Waals surface area contributed by atoms with Crippen molar-refractivity contribution in [3.8, 4) is 17.0 Å². The first kappa shape index (κ1) is 19.2. The molecular weight excluding hydrogens is 406 g/mol. The summed E-state index contributed by atoms with van der Waals surface area (Å²) >= 11 is 3.44. The average molecular weight is 428 g/mol. The van der Waals surface area contributed by atoms with Crippen molar-refractivity contribution in [2.24, 2.45) is 0 Å². The molecule has 1 aromatic heterocycles. The highest BCUT2D eigenvalue weighted by Crippen LogP contribution is 2.28. The molecule has 0 unspecified atom stereocenters. The molecule has 27 heavy (non-hydrogen) atoms. The molecule has 3 rings (SSSR count). The van der Waals surface area contributed by atoms with Gasteiger partial charge < -0.3 is 9.47 Å². The molecule has 0 atom stereocenters. The third-order valence-corrected chi connectivity index (χ3v) is 4.21. The van der Waals surface area contributed by atoms with E-state index in [-0.39, 0.29) is 0 Å². The van der Waals surface area contributed by atoms with E-state index >= 15 is 0 Å². The van der Waals surface area contributed by atoms with E-state index in [9.17, 15) is 4.79 Å². The second kappa shape index (κ2) is 8.01. The Morgan fingerprint density at radius 2 is 1.70 bits per heavy atom. The second-order valence-electron chi connectivity index (χ2n) is 7.19. The van der Waals surface area contributed by atoms with Crippen molar-refractivity contribution in [3.05, 3.63) is 76.9 Å². The van der Waals surface area contributed by atoms with E-state index < -0.39 is 11.7 Å². The topological polar surface area (TPSA) is 40.5 Å². The van der Waals surface area contributed by atoms with Gasteiger partial charge in [0.15, 0.2) is 0 Å². The van der Waals surface area contributed by atoms with Crippen molar-refractivity contribution < 1.29 is 14.3 Å². The first-order valence-electron chi connectivity index (χ1n) is 8.70. The highest BCUT2D eigenvalue weighted by Gasteiger charge is 2.20. The van der Waals surface area contributed by atoms with E-state index in [0.29, 0.717) is 6.61 Å². The van der Waals surface area contributed by atoms with Crippen molar-refractivity contribution in [2.45, 2.75) is 33.0 Å². The first-order valence-corrected chi connectivity index (χ1v) is 9.49. The molecule has 0 aliphatic heterocycles. The predicted octanol–water partition coefficient (Wildman–Crippen LogP) is 6.28. The van der Waals surface area contributed by atoms with Crippen molar-refractivity contribution in [2.75, 3.05) is 0 Å². The third-order valence-electron chi connectivity index (χ3n) is 3.78. The number of hydrogen-bond acceptors (Lipinski definition) is 3. The standard InChI is InChI=1S/C22H22BrNO3/c1-22(2,3)27-21(25)24-14-18(23)13-20(24)17-9-11-19(12-10-17)26-15-16-7-5-4-6-8-16/h4-14H,15H2,1-3H3. The molecule has 3 aromatic rings. The van der Waals surface area contributed by atoms with Crippen LogP contribution >= 0.6 is 15.9 Å². The van der Waals surface area contributed by atoms with Crippen LogP contribution in [0.15, 0.2) is 71.3 Å². The summed E-state index contributed by atoms with van der Waals surface area (Å²) in [5.41, 5.74) is 2.22. The van der Waals surface area contributed by atoms with Gasteiger partial charge in [0.25, 0.3) is 0 Å². The molecule has 4 nitrogen and oxygen atoms in total. The SMILES string of the molecule is CC(C)(C)OC(=O)n1cc(Br)cc1-c1ccc(OCc2ccccc2)cc1. The summed E-state index contributed by atoms with van der Waals surface area (Å²) in [4.78, 5) is 12.5. The fourth-order valence-electron chi connectivity index (χ4n) is 2.58. The van der Waals surface area contributed by atoms with E-state index in [1.165, 1.54) is 4.57 Å². The molecule has 0 saturated heterocycles. The maximum Gasteiger partial charge on any atom is 0.419 e. The van der Waals surface area contributed by atoms with E-state index in [4.69, 9.17) is 9.47 Å². The molecule has 1 heterocycles. The van der Waals surface area contributed by atoms with Crippen LogP contribution in [-0.2, 0) is 11.3 Å². The Kier molecular flexibility index (Phi) is 5.71. The molecule has 0 fully saturated rings. The number of halogens is 1. The van der Waals surface area contributed by atoms with Gasteiger partial charge in [0, 0.05) is 10.7 Å². The quantitative estimate of drug-likeness (QED) is 0.491. The number of ether oxygens (including phenoxy) is 2. The van der Waals surface area contributed by atoms with Crippen LogP contribution in [-0.4, -0.2) is 16.3 Å². The van der Waals surface area contributed by atoms with Crippen molar-refractivity contribution >= 4 is 22.0 Å². The van der Waals surface area contributed by atoms with E-state index in [1.807, 2.05) is 81.4 Å². The van der Waals surface area contributed by atoms with Crippen LogP contribution in [0, 0.1) is 0 Å². The van der Waals surface area contributed by atoms with Crippen LogP contribution in [0.1, 0.15) is 26.3 Å². The Bertz CT molecular complexity index is 909. The van der Waals surface area contributed by atoms with Crippen LogP contribution in [0.4, 0.5) is 4.79 Å². The fraction of sp³-hybridized carbons (Fsp3) is 0.227. The number of carbonyl (C=O) groups excluding carboxylic acids is 1. The minimum Gasteiger partial charge on any atom is -0.489 e. The summed E-state index contributed by atoms with van der Waals surface area (Å²) in [6.45, 7) is 6.06. The summed E-state index contributed by atoms with van der Waals surface area (Å²) in [7, 11) is 0. The molecular formula is C22H22BrNO3. The lowest BCUT2D eigenvalue weighted by Crippen LogP contribution is -2.27. The molecule has 0 aliphatic rings. The Hall–Kier alpha value is -2.53. The van der Waals surface area contributed by atoms with Gasteiger partial charge in [-0.25, -0.2) is 4.79 Å². The molecule has 5 heteroatoms. The van der Waals surface area contributed by atoms with Gasteiger partial charge in [0.1, 0.15) is 18.0 Å². The molecule has 0 radical (unpaired) electrons. The number of benzene rings is 2. The van der Waals surface area contributed by atoms with Gasteiger partial charge in [0.2, 0.25) is 0 Å². The van der Waals surface area contributed by atoms with Gasteiger partial charge in [-0.05, 0) is 78.2 Å². The largest absolute Gasteiger partial charge is 0.489 e. The Morgan fingerprint density at radius 1 is 1.04 bits per heavy atom. The van der Waals surface area contributed by atoms with Gasteiger partial charge >= 0.3 is 6.09 Å². The molecule has 0 bridgehead atoms. The monoisotopic (exact) mass is 427 g/mol. The smallest absolute Gasteiger partial charge is 0.419 e. The summed E-state index contributed by atoms with van der Waals surface area (Å²) in [5, 5.41) is 0. The number of rotatable bonds is 4. The lowest BCUT2D eigenvalue weighted by molar-refractivity contribution is 0.0540. The number of carbonyl (C=O) groups is 1. The number of aromatic nitrogens is 1. The van der Waals surface area contributed by atoms with Crippen molar-refractivity contribution in [1.82, 2.24) is 4.57 Å². The van der Waals surface area contributed by atoms with Crippen molar-refractivity contribution in [1.29, 1.82) is 0 Å². The van der Waals surface area contributed by atoms with Gasteiger partial charge in [-0.2, -0.15) is 0 Å². The summed E-state index contributed by atoms with van der Waals surface area (Å²) in [6, 6.07) is 19.6. The van der Waals surface area contributed by atoms with Gasteiger partial charge in [0.05, 0.1) is 5.69 Å². The summed E-state index contributed by atoms with van der Waals surface area (Å²) < 4.78 is 13.6. The minimum absolute atomic E-state index is 0.410. The van der Waals surface area contributed by atoms with Gasteiger partial charge in [-0.15, -0.1) is 0 Å². The fourth-order valence-corrected chi connectivity index (χ4v) is 3.00. The Balaban J connectivity index is 1.76. The zero-order valence-corrected chi connectivity index (χ0v) is 17.2. The van der Waals surface area contributed by atoms with Crippen molar-refractivity contribution in [3.63, 3.8) is 0 Å². The number of nitrogens with zero attached hydrogens (tertiary/aromatic N) is 1. The third kappa shape index (κ3) is 5.23. The molecule has 2 aromatic carbocycles. The molecule has 0 spiro atoms. The lowest BCUT2D eigenvalue weighted by atomic mass is 10.1. The van der Waals surface area contributed by atoms with E-state index in [0.717, 1.165) is 27.0 Å². The molecule has 0 aliphatic carbocycles. The average Bonchev–Trinajstić information content (AvgIpc) is 3.02. The highest BCUT2D eigenvalue weighted by molar-refractivity contribution is 9.10. The maximum absolute atomic E-state index is 12.5. The number of hydrogen-bond donors (Lipinski definition) is 0. The Morgan fingerprint density at radius 3 is 2.33 bits per heavy atom. The van der Waals surface area contributed by atoms with Crippen LogP contribution < -0.4 is 4.74 Å². The predicted molar refractivity (Wildman–Crippen MR) is 110 cm³/mol. The van der Waals surface area contributed by atoms with Crippen LogP contribution in [0.5, 0.6) is 5.75 Å². The molecule has 0 saturated carbocycles. The van der Waals surface area contributed by atoms with Crippen LogP contribution in [0.25, 0.3) is 11.3 Å². The minimum atomic E-state index is -0.555. The molecule has 0 amide bonds. The van der Waals surface area contributed by atoms with Crippen LogP contribution in [0.2, 0.25) is 0 Å². The highest BCUT2D eigenvalue weighted by atomic mass is 79.9. The first-order chi connectivity index (χ1) is 12.8. The second-order valence-corrected chi connectivity index (χ2v) is 8.11. The van der Waals surface area contributed by atoms with E-state index in [1.54, 1.807) is 6.20 Å². The van der Waals surface area contributed by atoms with Crippen LogP contribution in [0.3, 0.4) is 0 Å². The lowest BCUT2D eigenvalue weighted by Gasteiger charge is -2.20.